The molecule has 0 aromatic heterocycles. The van der Waals surface area contributed by atoms with Crippen LogP contribution in [0.2, 0.25) is 0 Å². The molecule has 3 aliphatic carbocycles. The van der Waals surface area contributed by atoms with E-state index in [1.807, 2.05) is 0 Å². The zero-order valence-corrected chi connectivity index (χ0v) is 13.9. The van der Waals surface area contributed by atoms with Crippen LogP contribution in [0.25, 0.3) is 0 Å². The molecule has 7 unspecified atom stereocenters. The van der Waals surface area contributed by atoms with E-state index in [9.17, 15) is 0 Å². The van der Waals surface area contributed by atoms with Gasteiger partial charge in [0.25, 0.3) is 0 Å². The van der Waals surface area contributed by atoms with Crippen LogP contribution in [0.5, 0.6) is 0 Å². The van der Waals surface area contributed by atoms with Gasteiger partial charge >= 0.3 is 0 Å². The Kier molecular flexibility index (Phi) is 2.86. The highest BCUT2D eigenvalue weighted by Gasteiger charge is 2.48. The van der Waals surface area contributed by atoms with E-state index in [4.69, 9.17) is 9.47 Å². The van der Waals surface area contributed by atoms with Crippen molar-refractivity contribution in [1.82, 2.24) is 0 Å². The summed E-state index contributed by atoms with van der Waals surface area (Å²) < 4.78 is 13.0. The van der Waals surface area contributed by atoms with Crippen LogP contribution < -0.4 is 5.32 Å². The third-order valence-electron chi connectivity index (χ3n) is 6.27. The minimum absolute atomic E-state index is 0.00484. The summed E-state index contributed by atoms with van der Waals surface area (Å²) in [7, 11) is 0. The average molecular weight is 331 g/mol. The molecule has 0 radical (unpaired) electrons. The summed E-state index contributed by atoms with van der Waals surface area (Å²) >= 11 is 0. The van der Waals surface area contributed by atoms with E-state index in [0.717, 1.165) is 12.2 Å². The zero-order chi connectivity index (χ0) is 16.4. The predicted octanol–water partition coefficient (Wildman–Crippen LogP) is 3.93. The summed E-state index contributed by atoms with van der Waals surface area (Å²) in [5.41, 5.74) is 2.60. The molecular formula is C22H21NO2. The van der Waals surface area contributed by atoms with Crippen LogP contribution in [0.1, 0.15) is 17.9 Å². The van der Waals surface area contributed by atoms with Crippen LogP contribution in [0.3, 0.4) is 0 Å². The topological polar surface area (TPSA) is 30.5 Å². The summed E-state index contributed by atoms with van der Waals surface area (Å²) in [6, 6.07) is 8.85. The van der Waals surface area contributed by atoms with Gasteiger partial charge in [0.05, 0.1) is 6.04 Å². The summed E-state index contributed by atoms with van der Waals surface area (Å²) in [4.78, 5) is 0. The maximum Gasteiger partial charge on any atom is 0.145 e. The Hall–Kier alpha value is -2.26. The lowest BCUT2D eigenvalue weighted by molar-refractivity contribution is -0.145. The van der Waals surface area contributed by atoms with Gasteiger partial charge in [-0.05, 0) is 36.1 Å². The van der Waals surface area contributed by atoms with Gasteiger partial charge in [0, 0.05) is 17.5 Å². The number of hydrogen-bond acceptors (Lipinski definition) is 3. The molecule has 126 valence electrons. The predicted molar refractivity (Wildman–Crippen MR) is 97.2 cm³/mol. The lowest BCUT2D eigenvalue weighted by atomic mass is 9.78. The minimum Gasteiger partial charge on any atom is -0.485 e. The number of allylic oxidation sites excluding steroid dienone is 5. The molecule has 2 aliphatic heterocycles. The molecule has 3 nitrogen and oxygen atoms in total. The van der Waals surface area contributed by atoms with Crippen LogP contribution >= 0.6 is 0 Å². The Morgan fingerprint density at radius 1 is 1.00 bits per heavy atom. The van der Waals surface area contributed by atoms with E-state index in [2.05, 4.69) is 72.1 Å². The molecule has 1 fully saturated rings. The van der Waals surface area contributed by atoms with Gasteiger partial charge in [0.2, 0.25) is 0 Å². The molecule has 5 aliphatic rings. The highest BCUT2D eigenvalue weighted by atomic mass is 16.6. The third kappa shape index (κ3) is 2.02. The highest BCUT2D eigenvalue weighted by Crippen LogP contribution is 2.46. The first-order valence-electron chi connectivity index (χ1n) is 9.29. The number of hydrogen-bond donors (Lipinski definition) is 1. The van der Waals surface area contributed by atoms with Gasteiger partial charge in [-0.25, -0.2) is 0 Å². The first-order valence-corrected chi connectivity index (χ1v) is 9.29. The maximum absolute atomic E-state index is 6.62. The lowest BCUT2D eigenvalue weighted by Crippen LogP contribution is -2.53. The van der Waals surface area contributed by atoms with Gasteiger partial charge in [0.15, 0.2) is 0 Å². The van der Waals surface area contributed by atoms with Crippen molar-refractivity contribution in [2.75, 3.05) is 5.32 Å². The lowest BCUT2D eigenvalue weighted by Gasteiger charge is -2.46. The van der Waals surface area contributed by atoms with E-state index in [1.165, 1.54) is 11.3 Å². The molecule has 0 amide bonds. The van der Waals surface area contributed by atoms with Crippen molar-refractivity contribution in [3.63, 3.8) is 0 Å². The van der Waals surface area contributed by atoms with Gasteiger partial charge in [-0.1, -0.05) is 48.6 Å². The monoisotopic (exact) mass is 331 g/mol. The first-order chi connectivity index (χ1) is 12.4. The molecule has 1 N–H and O–H groups in total. The van der Waals surface area contributed by atoms with E-state index < -0.39 is 0 Å². The Morgan fingerprint density at radius 2 is 1.92 bits per heavy atom. The molecule has 6 rings (SSSR count). The third-order valence-corrected chi connectivity index (χ3v) is 6.27. The number of rotatable bonds is 0. The van der Waals surface area contributed by atoms with Gasteiger partial charge in [-0.2, -0.15) is 0 Å². The average Bonchev–Trinajstić information content (AvgIpc) is 3.04. The van der Waals surface area contributed by atoms with Crippen LogP contribution in [0.4, 0.5) is 5.69 Å². The van der Waals surface area contributed by atoms with Crippen LogP contribution in [0, 0.1) is 11.8 Å². The number of para-hydroxylation sites is 1. The van der Waals surface area contributed by atoms with Crippen molar-refractivity contribution in [2.24, 2.45) is 11.8 Å². The molecule has 1 aromatic rings. The summed E-state index contributed by atoms with van der Waals surface area (Å²) in [6.45, 7) is 0. The summed E-state index contributed by atoms with van der Waals surface area (Å²) in [5, 5.41) is 3.69. The molecule has 0 spiro atoms. The molecule has 25 heavy (non-hydrogen) atoms. The van der Waals surface area contributed by atoms with Crippen molar-refractivity contribution >= 4 is 5.69 Å². The van der Waals surface area contributed by atoms with E-state index in [1.54, 1.807) is 0 Å². The molecule has 7 atom stereocenters. The second kappa shape index (κ2) is 5.12. The molecule has 0 saturated carbocycles. The Bertz CT molecular complexity index is 836. The van der Waals surface area contributed by atoms with Crippen molar-refractivity contribution in [3.05, 3.63) is 78.1 Å². The van der Waals surface area contributed by atoms with E-state index >= 15 is 0 Å². The summed E-state index contributed by atoms with van der Waals surface area (Å²) in [6.07, 6.45) is 16.8. The van der Waals surface area contributed by atoms with Crippen molar-refractivity contribution < 1.29 is 9.47 Å². The number of anilines is 1. The van der Waals surface area contributed by atoms with Crippen molar-refractivity contribution in [3.8, 4) is 0 Å². The Morgan fingerprint density at radius 3 is 2.92 bits per heavy atom. The maximum atomic E-state index is 6.62. The number of nitrogens with one attached hydrogen (secondary N) is 1. The van der Waals surface area contributed by atoms with Gasteiger partial charge < -0.3 is 14.8 Å². The number of ether oxygens (including phenoxy) is 2. The van der Waals surface area contributed by atoms with Gasteiger partial charge in [-0.15, -0.1) is 0 Å². The highest BCUT2D eigenvalue weighted by molar-refractivity contribution is 5.62. The molecular weight excluding hydrogens is 310 g/mol. The molecule has 1 saturated heterocycles. The fourth-order valence-corrected chi connectivity index (χ4v) is 5.03. The normalized spacial score (nSPS) is 42.1. The summed E-state index contributed by atoms with van der Waals surface area (Å²) in [5.74, 6) is 2.38. The second-order valence-corrected chi connectivity index (χ2v) is 7.66. The van der Waals surface area contributed by atoms with E-state index in [0.29, 0.717) is 17.8 Å². The zero-order valence-electron chi connectivity index (χ0n) is 13.9. The standard InChI is InChI=1S/C22H21NO2/c1-2-6-14-12-20-19(11-13(14)5-1)24-18-10-9-16-15-7-3-4-8-17(15)23-21(16)22(18)25-20/h1-11,13-14,16,18,20-23H,12H2. The van der Waals surface area contributed by atoms with Crippen molar-refractivity contribution in [1.29, 1.82) is 0 Å². The molecule has 3 heteroatoms. The second-order valence-electron chi connectivity index (χ2n) is 7.66. The van der Waals surface area contributed by atoms with Crippen LogP contribution in [0.15, 0.2) is 72.6 Å². The van der Waals surface area contributed by atoms with Crippen LogP contribution in [-0.4, -0.2) is 24.4 Å². The molecule has 2 heterocycles. The fraction of sp³-hybridized carbons (Fsp3) is 0.364. The van der Waals surface area contributed by atoms with Crippen LogP contribution in [-0.2, 0) is 9.47 Å². The SMILES string of the molecule is C1=CC2C=C3OC4C=CC5c6ccccc6NC5C4OC3CC2C=C1. The first kappa shape index (κ1) is 14.0. The Balaban J connectivity index is 1.33. The molecule has 0 bridgehead atoms. The van der Waals surface area contributed by atoms with Crippen molar-refractivity contribution in [2.45, 2.75) is 36.7 Å². The van der Waals surface area contributed by atoms with Gasteiger partial charge in [0.1, 0.15) is 24.1 Å². The number of benzene rings is 1. The van der Waals surface area contributed by atoms with Gasteiger partial charge in [-0.3, -0.25) is 0 Å². The quantitative estimate of drug-likeness (QED) is 0.731. The Labute approximate surface area is 147 Å². The molecule has 1 aromatic carbocycles. The fourth-order valence-electron chi connectivity index (χ4n) is 5.03. The van der Waals surface area contributed by atoms with E-state index in [-0.39, 0.29) is 24.4 Å². The smallest absolute Gasteiger partial charge is 0.145 e. The minimum atomic E-state index is 0.00484. The largest absolute Gasteiger partial charge is 0.485 e. The number of fused-ring (bicyclic) bond motifs is 7.